The molecule has 0 aliphatic rings. The molecule has 0 aliphatic carbocycles. The number of phosphoric acid groups is 2. The Labute approximate surface area is 626 Å². The quantitative estimate of drug-likeness (QED) is 0.0222. The van der Waals surface area contributed by atoms with Gasteiger partial charge in [0.05, 0.1) is 26.4 Å². The standard InChI is InChI=1S/C83H162O17P2/c1-7-10-12-14-16-18-20-22-24-25-26-27-28-29-31-33-37-41-49-55-61-67-82(87)99-78(71-93-80(85)65-59-53-47-40-36-32-30-23-21-19-17-15-13-11-8-2)73-97-101(89,90)95-69-77(84)70-96-102(91,92)98-74-79(72-94-81(86)66-60-54-48-44-43-46-52-58-64-76(6)9-3)100-83(88)68-62-56-50-42-38-34-35-39-45-51-57-63-75(4)5/h75-79,84H,7-74H2,1-6H3,(H,89,90)(H,91,92)/t76?,77-,78-,79-/m1/s1. The van der Waals surface area contributed by atoms with Crippen molar-refractivity contribution in [3.05, 3.63) is 0 Å². The monoisotopic (exact) mass is 1490 g/mol. The smallest absolute Gasteiger partial charge is 0.462 e. The van der Waals surface area contributed by atoms with Crippen molar-refractivity contribution in [2.24, 2.45) is 11.8 Å². The van der Waals surface area contributed by atoms with Gasteiger partial charge in [0, 0.05) is 25.7 Å². The van der Waals surface area contributed by atoms with Crippen molar-refractivity contribution in [1.82, 2.24) is 0 Å². The van der Waals surface area contributed by atoms with Crippen LogP contribution in [0.15, 0.2) is 0 Å². The predicted molar refractivity (Wildman–Crippen MR) is 418 cm³/mol. The van der Waals surface area contributed by atoms with Crippen LogP contribution in [-0.2, 0) is 65.4 Å². The molecule has 0 heterocycles. The highest BCUT2D eigenvalue weighted by molar-refractivity contribution is 7.47. The summed E-state index contributed by atoms with van der Waals surface area (Å²) in [5.41, 5.74) is 0. The van der Waals surface area contributed by atoms with E-state index in [1.165, 1.54) is 257 Å². The maximum atomic E-state index is 13.1. The lowest BCUT2D eigenvalue weighted by molar-refractivity contribution is -0.161. The van der Waals surface area contributed by atoms with E-state index in [1.807, 2.05) is 0 Å². The van der Waals surface area contributed by atoms with Gasteiger partial charge in [-0.05, 0) is 37.5 Å². The Kier molecular flexibility index (Phi) is 73.1. The van der Waals surface area contributed by atoms with Gasteiger partial charge in [-0.15, -0.1) is 0 Å². The zero-order valence-corrected chi connectivity index (χ0v) is 68.7. The van der Waals surface area contributed by atoms with Crippen LogP contribution in [0, 0.1) is 11.8 Å². The van der Waals surface area contributed by atoms with Crippen molar-refractivity contribution < 1.29 is 80.2 Å². The maximum absolute atomic E-state index is 13.1. The number of unbranched alkanes of at least 4 members (excludes halogenated alkanes) is 51. The summed E-state index contributed by atoms with van der Waals surface area (Å²) < 4.78 is 68.8. The number of aliphatic hydroxyl groups is 1. The van der Waals surface area contributed by atoms with Gasteiger partial charge in [-0.3, -0.25) is 37.3 Å². The highest BCUT2D eigenvalue weighted by Crippen LogP contribution is 2.45. The molecule has 6 atom stereocenters. The summed E-state index contributed by atoms with van der Waals surface area (Å²) in [6, 6.07) is 0. The Bertz CT molecular complexity index is 1960. The summed E-state index contributed by atoms with van der Waals surface area (Å²) in [6.07, 6.45) is 65.2. The average Bonchev–Trinajstić information content (AvgIpc) is 0.908. The number of rotatable bonds is 82. The number of phosphoric ester groups is 2. The van der Waals surface area contributed by atoms with Crippen LogP contribution in [0.3, 0.4) is 0 Å². The summed E-state index contributed by atoms with van der Waals surface area (Å²) >= 11 is 0. The Morgan fingerprint density at radius 1 is 0.284 bits per heavy atom. The van der Waals surface area contributed by atoms with E-state index in [1.54, 1.807) is 0 Å². The lowest BCUT2D eigenvalue weighted by atomic mass is 9.99. The Morgan fingerprint density at radius 2 is 0.500 bits per heavy atom. The molecule has 0 aliphatic heterocycles. The molecule has 0 radical (unpaired) electrons. The van der Waals surface area contributed by atoms with E-state index < -0.39 is 97.5 Å². The molecule has 0 spiro atoms. The molecule has 0 rings (SSSR count). The summed E-state index contributed by atoms with van der Waals surface area (Å²) in [4.78, 5) is 73.1. The molecule has 0 fully saturated rings. The normalized spacial score (nSPS) is 14.1. The van der Waals surface area contributed by atoms with Crippen molar-refractivity contribution in [3.63, 3.8) is 0 Å². The molecule has 0 bridgehead atoms. The third-order valence-corrected chi connectivity index (χ3v) is 21.7. The third-order valence-electron chi connectivity index (χ3n) is 19.8. The van der Waals surface area contributed by atoms with Crippen LogP contribution >= 0.6 is 15.6 Å². The van der Waals surface area contributed by atoms with E-state index >= 15 is 0 Å². The van der Waals surface area contributed by atoms with E-state index in [4.69, 9.17) is 37.0 Å². The lowest BCUT2D eigenvalue weighted by Gasteiger charge is -2.21. The maximum Gasteiger partial charge on any atom is 0.472 e. The molecule has 0 aromatic rings. The van der Waals surface area contributed by atoms with Gasteiger partial charge in [-0.1, -0.05) is 388 Å². The number of hydrogen-bond acceptors (Lipinski definition) is 15. The molecule has 0 saturated carbocycles. The van der Waals surface area contributed by atoms with Gasteiger partial charge < -0.3 is 33.8 Å². The van der Waals surface area contributed by atoms with E-state index in [-0.39, 0.29) is 25.7 Å². The van der Waals surface area contributed by atoms with E-state index in [0.29, 0.717) is 25.7 Å². The number of esters is 4. The highest BCUT2D eigenvalue weighted by atomic mass is 31.2. The first-order chi connectivity index (χ1) is 49.4. The lowest BCUT2D eigenvalue weighted by Crippen LogP contribution is -2.30. The fourth-order valence-electron chi connectivity index (χ4n) is 12.9. The van der Waals surface area contributed by atoms with Crippen molar-refractivity contribution >= 4 is 39.5 Å². The van der Waals surface area contributed by atoms with Gasteiger partial charge in [0.15, 0.2) is 12.2 Å². The molecule has 102 heavy (non-hydrogen) atoms. The van der Waals surface area contributed by atoms with Crippen LogP contribution in [-0.4, -0.2) is 96.7 Å². The van der Waals surface area contributed by atoms with Crippen molar-refractivity contribution in [3.8, 4) is 0 Å². The summed E-state index contributed by atoms with van der Waals surface area (Å²) in [5.74, 6) is -0.563. The molecule has 0 amide bonds. The first-order valence-electron chi connectivity index (χ1n) is 43.0. The van der Waals surface area contributed by atoms with Gasteiger partial charge in [0.25, 0.3) is 0 Å². The third kappa shape index (κ3) is 74.9. The Hall–Kier alpha value is -1.94. The number of ether oxygens (including phenoxy) is 4. The van der Waals surface area contributed by atoms with Crippen LogP contribution in [0.5, 0.6) is 0 Å². The zero-order chi connectivity index (χ0) is 74.9. The van der Waals surface area contributed by atoms with Crippen LogP contribution < -0.4 is 0 Å². The Morgan fingerprint density at radius 3 is 0.745 bits per heavy atom. The largest absolute Gasteiger partial charge is 0.472 e. The van der Waals surface area contributed by atoms with Gasteiger partial charge in [-0.25, -0.2) is 9.13 Å². The molecule has 3 N–H and O–H groups in total. The second-order valence-electron chi connectivity index (χ2n) is 30.6. The highest BCUT2D eigenvalue weighted by Gasteiger charge is 2.30. The molecule has 17 nitrogen and oxygen atoms in total. The van der Waals surface area contributed by atoms with Crippen LogP contribution in [0.1, 0.15) is 440 Å². The van der Waals surface area contributed by atoms with E-state index in [9.17, 15) is 43.2 Å². The van der Waals surface area contributed by atoms with Gasteiger partial charge in [0.2, 0.25) is 0 Å². The topological polar surface area (TPSA) is 237 Å². The summed E-state index contributed by atoms with van der Waals surface area (Å²) in [6.45, 7) is 9.65. The Balaban J connectivity index is 5.24. The van der Waals surface area contributed by atoms with Crippen LogP contribution in [0.4, 0.5) is 0 Å². The number of hydrogen-bond donors (Lipinski definition) is 3. The number of carbonyl (C=O) groups is 4. The minimum atomic E-state index is -4.96. The van der Waals surface area contributed by atoms with Crippen molar-refractivity contribution in [2.45, 2.75) is 458 Å². The van der Waals surface area contributed by atoms with Crippen LogP contribution in [0.2, 0.25) is 0 Å². The molecule has 19 heteroatoms. The first-order valence-corrected chi connectivity index (χ1v) is 46.0. The van der Waals surface area contributed by atoms with Gasteiger partial charge in [-0.2, -0.15) is 0 Å². The summed E-state index contributed by atoms with van der Waals surface area (Å²) in [5, 5.41) is 10.7. The second kappa shape index (κ2) is 74.5. The van der Waals surface area contributed by atoms with Gasteiger partial charge >= 0.3 is 39.5 Å². The summed E-state index contributed by atoms with van der Waals surface area (Å²) in [7, 11) is -9.92. The average molecular weight is 1490 g/mol. The molecule has 0 aromatic carbocycles. The number of carbonyl (C=O) groups excluding carboxylic acids is 4. The second-order valence-corrected chi connectivity index (χ2v) is 33.5. The minimum Gasteiger partial charge on any atom is -0.462 e. The molecule has 606 valence electrons. The zero-order valence-electron chi connectivity index (χ0n) is 66.9. The molecular formula is C83H162O17P2. The molecular weight excluding hydrogens is 1330 g/mol. The van der Waals surface area contributed by atoms with E-state index in [0.717, 1.165) is 102 Å². The van der Waals surface area contributed by atoms with Crippen molar-refractivity contribution in [2.75, 3.05) is 39.6 Å². The molecule has 0 aromatic heterocycles. The SMILES string of the molecule is CCCCCCCCCCCCCCCCCCCCCCCC(=O)O[C@H](COC(=O)CCCCCCCCCCCCCCCCC)COP(=O)(O)OC[C@@H](O)COP(=O)(O)OC[C@@H](COC(=O)CCCCCCCCCCC(C)CC)OC(=O)CCCCCCCCCCCCCC(C)C. The number of aliphatic hydroxyl groups excluding tert-OH is 1. The fourth-order valence-corrected chi connectivity index (χ4v) is 14.4. The van der Waals surface area contributed by atoms with Crippen molar-refractivity contribution in [1.29, 1.82) is 0 Å². The molecule has 0 saturated heterocycles. The van der Waals surface area contributed by atoms with E-state index in [2.05, 4.69) is 41.5 Å². The van der Waals surface area contributed by atoms with Gasteiger partial charge in [0.1, 0.15) is 19.3 Å². The first kappa shape index (κ1) is 100. The fraction of sp³-hybridized carbons (Fsp3) is 0.952. The van der Waals surface area contributed by atoms with Crippen LogP contribution in [0.25, 0.3) is 0 Å². The molecule has 3 unspecified atom stereocenters. The predicted octanol–water partition coefficient (Wildman–Crippen LogP) is 25.1. The minimum absolute atomic E-state index is 0.106.